The first-order valence-electron chi connectivity index (χ1n) is 11.0. The monoisotopic (exact) mass is 451 g/mol. The SMILES string of the molecule is CCOC(=O)/C=C/c1ccccc1N=P(c1ccccc1)(c1ccccc1)c1ccccc1. The van der Waals surface area contributed by atoms with Crippen LogP contribution in [0.15, 0.2) is 126 Å². The fourth-order valence-corrected chi connectivity index (χ4v) is 7.34. The average Bonchev–Trinajstić information content (AvgIpc) is 2.88. The van der Waals surface area contributed by atoms with Crippen LogP contribution in [0, 0.1) is 0 Å². The smallest absolute Gasteiger partial charge is 0.330 e. The highest BCUT2D eigenvalue weighted by atomic mass is 31.2. The van der Waals surface area contributed by atoms with E-state index in [0.29, 0.717) is 6.61 Å². The van der Waals surface area contributed by atoms with Gasteiger partial charge < -0.3 is 4.74 Å². The third-order valence-electron chi connectivity index (χ3n) is 5.27. The number of hydrogen-bond acceptors (Lipinski definition) is 3. The Morgan fingerprint density at radius 2 is 1.18 bits per heavy atom. The molecule has 0 aliphatic carbocycles. The molecule has 0 spiro atoms. The fourth-order valence-electron chi connectivity index (χ4n) is 3.78. The number of esters is 1. The fraction of sp³-hybridized carbons (Fsp3) is 0.0690. The zero-order valence-electron chi connectivity index (χ0n) is 18.5. The summed E-state index contributed by atoms with van der Waals surface area (Å²) in [6.45, 7) is 2.15. The standard InChI is InChI=1S/C29H26NO2P/c1-2-32-29(31)23-22-24-14-12-13-21-28(24)30-33(25-15-6-3-7-16-25,26-17-8-4-9-18-26)27-19-10-5-11-20-27/h3-23H,2H2,1H3/b23-22+. The first-order chi connectivity index (χ1) is 16.2. The average molecular weight is 452 g/mol. The molecule has 0 aromatic heterocycles. The maximum Gasteiger partial charge on any atom is 0.330 e. The summed E-state index contributed by atoms with van der Waals surface area (Å²) in [6.07, 6.45) is 3.25. The molecule has 0 saturated heterocycles. The Morgan fingerprint density at radius 1 is 0.727 bits per heavy atom. The molecule has 0 bridgehead atoms. The maximum atomic E-state index is 11.9. The van der Waals surface area contributed by atoms with Crippen molar-refractivity contribution >= 4 is 40.7 Å². The second-order valence-electron chi connectivity index (χ2n) is 7.39. The maximum absolute atomic E-state index is 11.9. The first kappa shape index (κ1) is 22.5. The van der Waals surface area contributed by atoms with Crippen molar-refractivity contribution in [3.05, 3.63) is 127 Å². The summed E-state index contributed by atoms with van der Waals surface area (Å²) < 4.78 is 10.6. The normalized spacial score (nSPS) is 11.3. The zero-order chi connectivity index (χ0) is 22.9. The van der Waals surface area contributed by atoms with Crippen molar-refractivity contribution in [2.24, 2.45) is 4.74 Å². The molecule has 0 heterocycles. The minimum absolute atomic E-state index is 0.347. The third-order valence-corrected chi connectivity index (χ3v) is 8.92. The van der Waals surface area contributed by atoms with Crippen molar-refractivity contribution < 1.29 is 9.53 Å². The van der Waals surface area contributed by atoms with Gasteiger partial charge in [0, 0.05) is 27.6 Å². The van der Waals surface area contributed by atoms with E-state index in [0.717, 1.165) is 11.3 Å². The van der Waals surface area contributed by atoms with Crippen LogP contribution >= 0.6 is 7.05 Å². The molecular weight excluding hydrogens is 425 g/mol. The van der Waals surface area contributed by atoms with E-state index in [1.54, 1.807) is 13.0 Å². The largest absolute Gasteiger partial charge is 0.463 e. The molecule has 0 saturated carbocycles. The Labute approximate surface area is 195 Å². The molecule has 164 valence electrons. The topological polar surface area (TPSA) is 38.7 Å². The Bertz CT molecular complexity index is 1180. The predicted molar refractivity (Wildman–Crippen MR) is 139 cm³/mol. The summed E-state index contributed by atoms with van der Waals surface area (Å²) in [5, 5.41) is 3.52. The molecular formula is C29H26NO2P. The van der Waals surface area contributed by atoms with Crippen LogP contribution in [-0.2, 0) is 9.53 Å². The van der Waals surface area contributed by atoms with Gasteiger partial charge in [0.2, 0.25) is 0 Å². The Hall–Kier alpha value is -3.68. The van der Waals surface area contributed by atoms with Crippen LogP contribution < -0.4 is 15.9 Å². The van der Waals surface area contributed by atoms with Gasteiger partial charge in [0.1, 0.15) is 0 Å². The lowest BCUT2D eigenvalue weighted by Crippen LogP contribution is -2.25. The third kappa shape index (κ3) is 5.05. The molecule has 4 aromatic rings. The number of hydrogen-bond donors (Lipinski definition) is 0. The van der Waals surface area contributed by atoms with Crippen LogP contribution in [0.5, 0.6) is 0 Å². The van der Waals surface area contributed by atoms with Gasteiger partial charge in [0.15, 0.2) is 0 Å². The van der Waals surface area contributed by atoms with E-state index in [4.69, 9.17) is 9.48 Å². The van der Waals surface area contributed by atoms with E-state index in [-0.39, 0.29) is 5.97 Å². The number of carbonyl (C=O) groups is 1. The van der Waals surface area contributed by atoms with Gasteiger partial charge in [0.25, 0.3) is 0 Å². The quantitative estimate of drug-likeness (QED) is 0.194. The lowest BCUT2D eigenvalue weighted by molar-refractivity contribution is -0.137. The second kappa shape index (κ2) is 10.8. The highest BCUT2D eigenvalue weighted by Crippen LogP contribution is 2.49. The zero-order valence-corrected chi connectivity index (χ0v) is 19.4. The second-order valence-corrected chi connectivity index (χ2v) is 10.4. The summed E-state index contributed by atoms with van der Waals surface area (Å²) in [5.41, 5.74) is 1.71. The molecule has 0 N–H and O–H groups in total. The number of rotatable bonds is 7. The molecule has 0 aliphatic rings. The summed E-state index contributed by atoms with van der Waals surface area (Å²) in [4.78, 5) is 11.9. The molecule has 0 radical (unpaired) electrons. The van der Waals surface area contributed by atoms with Gasteiger partial charge in [-0.3, -0.25) is 4.74 Å². The molecule has 3 nitrogen and oxygen atoms in total. The Morgan fingerprint density at radius 3 is 1.67 bits per heavy atom. The van der Waals surface area contributed by atoms with Crippen LogP contribution in [0.2, 0.25) is 0 Å². The molecule has 33 heavy (non-hydrogen) atoms. The number of benzene rings is 4. The van der Waals surface area contributed by atoms with E-state index in [9.17, 15) is 4.79 Å². The highest BCUT2D eigenvalue weighted by Gasteiger charge is 2.27. The van der Waals surface area contributed by atoms with E-state index in [1.807, 2.05) is 42.5 Å². The lowest BCUT2D eigenvalue weighted by atomic mass is 10.2. The number of nitrogens with zero attached hydrogens (tertiary/aromatic N) is 1. The van der Waals surface area contributed by atoms with Crippen LogP contribution in [0.1, 0.15) is 12.5 Å². The Kier molecular flexibility index (Phi) is 7.34. The van der Waals surface area contributed by atoms with Gasteiger partial charge >= 0.3 is 5.97 Å². The summed E-state index contributed by atoms with van der Waals surface area (Å²) >= 11 is 0. The molecule has 0 unspecified atom stereocenters. The van der Waals surface area contributed by atoms with Crippen LogP contribution in [-0.4, -0.2) is 12.6 Å². The van der Waals surface area contributed by atoms with Gasteiger partial charge in [-0.1, -0.05) is 109 Å². The van der Waals surface area contributed by atoms with Gasteiger partial charge in [-0.05, 0) is 19.1 Å². The van der Waals surface area contributed by atoms with Crippen molar-refractivity contribution in [1.29, 1.82) is 0 Å². The highest BCUT2D eigenvalue weighted by molar-refractivity contribution is 7.87. The van der Waals surface area contributed by atoms with Crippen LogP contribution in [0.3, 0.4) is 0 Å². The molecule has 4 heteroatoms. The molecule has 0 amide bonds. The molecule has 4 rings (SSSR count). The van der Waals surface area contributed by atoms with E-state index >= 15 is 0 Å². The first-order valence-corrected chi connectivity index (χ1v) is 12.7. The van der Waals surface area contributed by atoms with Gasteiger partial charge in [0.05, 0.1) is 19.3 Å². The molecule has 0 fully saturated rings. The van der Waals surface area contributed by atoms with Gasteiger partial charge in [-0.15, -0.1) is 0 Å². The minimum Gasteiger partial charge on any atom is -0.463 e. The van der Waals surface area contributed by atoms with Crippen LogP contribution in [0.25, 0.3) is 6.08 Å². The molecule has 4 aromatic carbocycles. The van der Waals surface area contributed by atoms with E-state index in [2.05, 4.69) is 72.8 Å². The minimum atomic E-state index is -2.39. The summed E-state index contributed by atoms with van der Waals surface area (Å²) in [5.74, 6) is -0.359. The van der Waals surface area contributed by atoms with Gasteiger partial charge in [-0.25, -0.2) is 4.79 Å². The van der Waals surface area contributed by atoms with Crippen LogP contribution in [0.4, 0.5) is 5.69 Å². The summed E-state index contributed by atoms with van der Waals surface area (Å²) in [7, 11) is -2.39. The van der Waals surface area contributed by atoms with E-state index < -0.39 is 7.05 Å². The van der Waals surface area contributed by atoms with Crippen molar-refractivity contribution in [3.8, 4) is 0 Å². The molecule has 0 atom stereocenters. The number of carbonyl (C=O) groups excluding carboxylic acids is 1. The number of ether oxygens (including phenoxy) is 1. The van der Waals surface area contributed by atoms with E-state index in [1.165, 1.54) is 22.0 Å². The molecule has 0 aliphatic heterocycles. The summed E-state index contributed by atoms with van der Waals surface area (Å²) in [6, 6.07) is 39.4. The van der Waals surface area contributed by atoms with Crippen molar-refractivity contribution in [2.45, 2.75) is 6.92 Å². The van der Waals surface area contributed by atoms with Crippen molar-refractivity contribution in [1.82, 2.24) is 0 Å². The lowest BCUT2D eigenvalue weighted by Gasteiger charge is -2.27. The predicted octanol–water partition coefficient (Wildman–Crippen LogP) is 6.07. The Balaban J connectivity index is 2.03. The van der Waals surface area contributed by atoms with Crippen molar-refractivity contribution in [3.63, 3.8) is 0 Å². The van der Waals surface area contributed by atoms with Crippen molar-refractivity contribution in [2.75, 3.05) is 6.61 Å². The van der Waals surface area contributed by atoms with Gasteiger partial charge in [-0.2, -0.15) is 0 Å².